The molecule has 16 heavy (non-hydrogen) atoms. The summed E-state index contributed by atoms with van der Waals surface area (Å²) in [6.45, 7) is 2.90. The first-order valence-corrected chi connectivity index (χ1v) is 7.70. The standard InChI is InChI=1S/C9H17N3O2S2/c1-4-5-6-12(2)9-7(16(3,13)14)8(10)11-15-9/h4-6H2,1-3H3,(H2,10,11). The lowest BCUT2D eigenvalue weighted by atomic mass is 10.3. The Morgan fingerprint density at radius 1 is 1.50 bits per heavy atom. The minimum Gasteiger partial charge on any atom is -0.382 e. The van der Waals surface area contributed by atoms with Crippen LogP contribution in [0, 0.1) is 0 Å². The smallest absolute Gasteiger partial charge is 0.182 e. The number of rotatable bonds is 5. The Morgan fingerprint density at radius 3 is 2.62 bits per heavy atom. The number of unbranched alkanes of at least 4 members (excludes halogenated alkanes) is 1. The third kappa shape index (κ3) is 2.85. The zero-order valence-electron chi connectivity index (χ0n) is 9.73. The third-order valence-electron chi connectivity index (χ3n) is 2.22. The highest BCUT2D eigenvalue weighted by atomic mass is 32.2. The van der Waals surface area contributed by atoms with Crippen LogP contribution in [-0.4, -0.2) is 32.6 Å². The molecule has 2 N–H and O–H groups in total. The molecule has 7 heteroatoms. The van der Waals surface area contributed by atoms with Gasteiger partial charge in [-0.3, -0.25) is 0 Å². The Morgan fingerprint density at radius 2 is 2.12 bits per heavy atom. The normalized spacial score (nSPS) is 11.7. The Bertz CT molecular complexity index is 453. The van der Waals surface area contributed by atoms with Crippen molar-refractivity contribution < 1.29 is 8.42 Å². The number of nitrogen functional groups attached to an aromatic ring is 1. The Labute approximate surface area is 100 Å². The van der Waals surface area contributed by atoms with Gasteiger partial charge in [-0.05, 0) is 18.0 Å². The zero-order chi connectivity index (χ0) is 12.3. The average molecular weight is 263 g/mol. The maximum atomic E-state index is 11.6. The number of hydrogen-bond donors (Lipinski definition) is 1. The summed E-state index contributed by atoms with van der Waals surface area (Å²) < 4.78 is 27.1. The average Bonchev–Trinajstić information content (AvgIpc) is 2.56. The van der Waals surface area contributed by atoms with Crippen molar-refractivity contribution in [3.63, 3.8) is 0 Å². The van der Waals surface area contributed by atoms with E-state index < -0.39 is 9.84 Å². The lowest BCUT2D eigenvalue weighted by molar-refractivity contribution is 0.602. The molecule has 0 aliphatic carbocycles. The van der Waals surface area contributed by atoms with Gasteiger partial charge >= 0.3 is 0 Å². The van der Waals surface area contributed by atoms with Crippen LogP contribution < -0.4 is 10.6 Å². The highest BCUT2D eigenvalue weighted by Gasteiger charge is 2.23. The highest BCUT2D eigenvalue weighted by molar-refractivity contribution is 7.91. The lowest BCUT2D eigenvalue weighted by Crippen LogP contribution is -2.19. The largest absolute Gasteiger partial charge is 0.382 e. The van der Waals surface area contributed by atoms with Crippen molar-refractivity contribution in [2.75, 3.05) is 30.5 Å². The summed E-state index contributed by atoms with van der Waals surface area (Å²) >= 11 is 1.13. The van der Waals surface area contributed by atoms with Gasteiger partial charge in [0.15, 0.2) is 15.7 Å². The van der Waals surface area contributed by atoms with Gasteiger partial charge in [0, 0.05) is 19.8 Å². The van der Waals surface area contributed by atoms with Crippen molar-refractivity contribution in [2.24, 2.45) is 0 Å². The van der Waals surface area contributed by atoms with Crippen LogP contribution in [0.1, 0.15) is 19.8 Å². The molecule has 5 nitrogen and oxygen atoms in total. The molecule has 1 aromatic heterocycles. The van der Waals surface area contributed by atoms with Crippen molar-refractivity contribution in [3.8, 4) is 0 Å². The van der Waals surface area contributed by atoms with Gasteiger partial charge in [0.25, 0.3) is 0 Å². The number of nitrogens with two attached hydrogens (primary N) is 1. The van der Waals surface area contributed by atoms with E-state index in [1.807, 2.05) is 11.9 Å². The zero-order valence-corrected chi connectivity index (χ0v) is 11.4. The van der Waals surface area contributed by atoms with E-state index in [4.69, 9.17) is 5.73 Å². The van der Waals surface area contributed by atoms with E-state index in [1.54, 1.807) is 0 Å². The molecule has 0 fully saturated rings. The maximum Gasteiger partial charge on any atom is 0.182 e. The summed E-state index contributed by atoms with van der Waals surface area (Å²) in [4.78, 5) is 2.06. The fourth-order valence-corrected chi connectivity index (χ4v) is 3.59. The molecule has 0 saturated heterocycles. The first-order chi connectivity index (χ1) is 7.38. The van der Waals surface area contributed by atoms with Crippen molar-refractivity contribution >= 4 is 32.2 Å². The predicted octanol–water partition coefficient (Wildman–Crippen LogP) is 1.37. The van der Waals surface area contributed by atoms with E-state index in [1.165, 1.54) is 0 Å². The second-order valence-electron chi connectivity index (χ2n) is 3.75. The van der Waals surface area contributed by atoms with E-state index in [-0.39, 0.29) is 10.7 Å². The Balaban J connectivity index is 3.06. The number of sulfone groups is 1. The van der Waals surface area contributed by atoms with Gasteiger partial charge < -0.3 is 10.6 Å². The first kappa shape index (κ1) is 13.2. The number of hydrogen-bond acceptors (Lipinski definition) is 6. The molecular formula is C9H17N3O2S2. The molecule has 0 bridgehead atoms. The van der Waals surface area contributed by atoms with Crippen LogP contribution in [0.4, 0.5) is 10.8 Å². The molecule has 0 aliphatic rings. The molecule has 0 radical (unpaired) electrons. The Kier molecular flexibility index (Phi) is 4.15. The molecular weight excluding hydrogens is 246 g/mol. The van der Waals surface area contributed by atoms with Gasteiger partial charge in [0.05, 0.1) is 0 Å². The highest BCUT2D eigenvalue weighted by Crippen LogP contribution is 2.33. The summed E-state index contributed by atoms with van der Waals surface area (Å²) in [5, 5.41) is 0.633. The monoisotopic (exact) mass is 263 g/mol. The predicted molar refractivity (Wildman–Crippen MR) is 67.8 cm³/mol. The Hall–Kier alpha value is -0.820. The van der Waals surface area contributed by atoms with Gasteiger partial charge in [-0.25, -0.2) is 8.42 Å². The van der Waals surface area contributed by atoms with Crippen molar-refractivity contribution in [2.45, 2.75) is 24.7 Å². The second kappa shape index (κ2) is 5.01. The van der Waals surface area contributed by atoms with Crippen molar-refractivity contribution in [3.05, 3.63) is 0 Å². The van der Waals surface area contributed by atoms with Gasteiger partial charge in [-0.2, -0.15) is 4.37 Å². The third-order valence-corrected chi connectivity index (χ3v) is 4.47. The summed E-state index contributed by atoms with van der Waals surface area (Å²) in [7, 11) is -1.45. The van der Waals surface area contributed by atoms with Crippen LogP contribution in [0.5, 0.6) is 0 Å². The molecule has 0 aliphatic heterocycles. The summed E-state index contributed by atoms with van der Waals surface area (Å²) in [6, 6.07) is 0. The maximum absolute atomic E-state index is 11.6. The van der Waals surface area contributed by atoms with Crippen LogP contribution in [-0.2, 0) is 9.84 Å². The van der Waals surface area contributed by atoms with E-state index in [0.29, 0.717) is 5.00 Å². The molecule has 0 atom stereocenters. The van der Waals surface area contributed by atoms with E-state index >= 15 is 0 Å². The van der Waals surface area contributed by atoms with E-state index in [0.717, 1.165) is 37.2 Å². The molecule has 92 valence electrons. The van der Waals surface area contributed by atoms with E-state index in [2.05, 4.69) is 11.3 Å². The van der Waals surface area contributed by atoms with Gasteiger partial charge in [-0.1, -0.05) is 13.3 Å². The molecule has 1 aromatic rings. The summed E-state index contributed by atoms with van der Waals surface area (Å²) in [6.07, 6.45) is 3.23. The van der Waals surface area contributed by atoms with Crippen LogP contribution in [0.2, 0.25) is 0 Å². The van der Waals surface area contributed by atoms with Crippen molar-refractivity contribution in [1.82, 2.24) is 4.37 Å². The van der Waals surface area contributed by atoms with Crippen LogP contribution >= 0.6 is 11.5 Å². The molecule has 0 spiro atoms. The topological polar surface area (TPSA) is 76.3 Å². The minimum atomic E-state index is -3.31. The van der Waals surface area contributed by atoms with Crippen molar-refractivity contribution in [1.29, 1.82) is 0 Å². The van der Waals surface area contributed by atoms with Gasteiger partial charge in [0.2, 0.25) is 0 Å². The lowest BCUT2D eigenvalue weighted by Gasteiger charge is -2.17. The summed E-state index contributed by atoms with van der Waals surface area (Å²) in [5.41, 5.74) is 5.59. The number of aromatic nitrogens is 1. The second-order valence-corrected chi connectivity index (χ2v) is 6.45. The number of anilines is 2. The molecule has 1 heterocycles. The van der Waals surface area contributed by atoms with Crippen LogP contribution in [0.3, 0.4) is 0 Å². The quantitative estimate of drug-likeness (QED) is 0.868. The fourth-order valence-electron chi connectivity index (χ4n) is 1.37. The number of nitrogens with zero attached hydrogens (tertiary/aromatic N) is 2. The fraction of sp³-hybridized carbons (Fsp3) is 0.667. The summed E-state index contributed by atoms with van der Waals surface area (Å²) in [5.74, 6) is 0.103. The SMILES string of the molecule is CCCCN(C)c1snc(N)c1S(C)(=O)=O. The van der Waals surface area contributed by atoms with Gasteiger partial charge in [-0.15, -0.1) is 0 Å². The molecule has 0 aromatic carbocycles. The minimum absolute atomic E-state index is 0.103. The first-order valence-electron chi connectivity index (χ1n) is 5.04. The van der Waals surface area contributed by atoms with E-state index in [9.17, 15) is 8.42 Å². The molecule has 0 saturated carbocycles. The molecule has 1 rings (SSSR count). The van der Waals surface area contributed by atoms with Crippen LogP contribution in [0.15, 0.2) is 4.90 Å². The molecule has 0 amide bonds. The van der Waals surface area contributed by atoms with Crippen LogP contribution in [0.25, 0.3) is 0 Å². The van der Waals surface area contributed by atoms with Gasteiger partial charge in [0.1, 0.15) is 9.90 Å². The molecule has 0 unspecified atom stereocenters.